The van der Waals surface area contributed by atoms with Crippen molar-refractivity contribution >= 4 is 17.7 Å². The first-order valence-corrected chi connectivity index (χ1v) is 14.8. The highest BCUT2D eigenvalue weighted by atomic mass is 19.4. The van der Waals surface area contributed by atoms with Crippen molar-refractivity contribution in [1.82, 2.24) is 20.0 Å². The number of rotatable bonds is 6. The average Bonchev–Trinajstić information content (AvgIpc) is 3.33. The number of amides is 3. The van der Waals surface area contributed by atoms with E-state index in [9.17, 15) is 40.7 Å². The van der Waals surface area contributed by atoms with E-state index in [0.29, 0.717) is 49.4 Å². The molecule has 6 rings (SSSR count). The van der Waals surface area contributed by atoms with Crippen molar-refractivity contribution in [2.24, 2.45) is 0 Å². The minimum absolute atomic E-state index is 0.173. The Morgan fingerprint density at radius 2 is 1.33 bits per heavy atom. The lowest BCUT2D eigenvalue weighted by molar-refractivity contribution is -0.138. The van der Waals surface area contributed by atoms with Gasteiger partial charge in [-0.25, -0.2) is 0 Å². The minimum Gasteiger partial charge on any atom is -0.322 e. The molecule has 242 valence electrons. The van der Waals surface area contributed by atoms with Crippen LogP contribution in [0.3, 0.4) is 0 Å². The third-order valence-electron chi connectivity index (χ3n) is 8.87. The van der Waals surface area contributed by atoms with Crippen LogP contribution in [0, 0.1) is 0 Å². The fraction of sp³-hybridized carbons (Fsp3) is 0.364. The maximum absolute atomic E-state index is 13.2. The number of carbonyl (C=O) groups excluding carboxylic acids is 3. The fourth-order valence-corrected chi connectivity index (χ4v) is 6.49. The molecule has 0 spiro atoms. The Balaban J connectivity index is 1.15. The van der Waals surface area contributed by atoms with E-state index < -0.39 is 41.5 Å². The summed E-state index contributed by atoms with van der Waals surface area (Å²) in [6.07, 6.45) is -8.57. The lowest BCUT2D eigenvalue weighted by Gasteiger charge is -2.40. The monoisotopic (exact) mass is 644 g/mol. The smallest absolute Gasteiger partial charge is 0.322 e. The van der Waals surface area contributed by atoms with Gasteiger partial charge in [0, 0.05) is 51.3 Å². The fourth-order valence-electron chi connectivity index (χ4n) is 6.49. The largest absolute Gasteiger partial charge is 0.416 e. The van der Waals surface area contributed by atoms with Gasteiger partial charge < -0.3 is 4.90 Å². The summed E-state index contributed by atoms with van der Waals surface area (Å²) in [6.45, 7) is 3.05. The lowest BCUT2D eigenvalue weighted by atomic mass is 9.94. The van der Waals surface area contributed by atoms with Crippen molar-refractivity contribution < 1.29 is 40.7 Å². The molecule has 13 heteroatoms. The Labute approximate surface area is 260 Å². The molecule has 3 heterocycles. The van der Waals surface area contributed by atoms with Crippen LogP contribution in [0.15, 0.2) is 66.7 Å². The maximum atomic E-state index is 13.2. The van der Waals surface area contributed by atoms with Crippen molar-refractivity contribution in [3.05, 3.63) is 106 Å². The first kappa shape index (κ1) is 31.7. The number of halogens is 6. The Kier molecular flexibility index (Phi) is 8.40. The van der Waals surface area contributed by atoms with Crippen LogP contribution in [-0.2, 0) is 35.0 Å². The molecule has 2 saturated heterocycles. The highest BCUT2D eigenvalue weighted by molar-refractivity contribution is 6.05. The van der Waals surface area contributed by atoms with Gasteiger partial charge in [0.15, 0.2) is 0 Å². The number of alkyl halides is 6. The van der Waals surface area contributed by atoms with E-state index in [2.05, 4.69) is 15.1 Å². The molecule has 0 saturated carbocycles. The molecule has 3 aromatic carbocycles. The quantitative estimate of drug-likeness (QED) is 0.288. The number of hydrogen-bond donors (Lipinski definition) is 1. The van der Waals surface area contributed by atoms with Crippen LogP contribution in [0.2, 0.25) is 0 Å². The summed E-state index contributed by atoms with van der Waals surface area (Å²) in [5.41, 5.74) is 1.78. The number of piperazine rings is 1. The molecule has 0 bridgehead atoms. The number of piperidine rings is 1. The number of carbonyl (C=O) groups is 3. The van der Waals surface area contributed by atoms with Crippen molar-refractivity contribution in [2.45, 2.75) is 50.4 Å². The predicted molar refractivity (Wildman–Crippen MR) is 154 cm³/mol. The molecule has 2 fully saturated rings. The van der Waals surface area contributed by atoms with Crippen molar-refractivity contribution in [2.75, 3.05) is 26.2 Å². The van der Waals surface area contributed by atoms with Gasteiger partial charge >= 0.3 is 12.4 Å². The Hall–Kier alpha value is -4.23. The Morgan fingerprint density at radius 1 is 0.761 bits per heavy atom. The number of imide groups is 1. The molecule has 0 aromatic heterocycles. The summed E-state index contributed by atoms with van der Waals surface area (Å²) in [4.78, 5) is 42.7. The van der Waals surface area contributed by atoms with Gasteiger partial charge in [-0.15, -0.1) is 0 Å². The number of nitrogens with one attached hydrogen (secondary N) is 1. The third-order valence-corrected chi connectivity index (χ3v) is 8.87. The number of hydrogen-bond acceptors (Lipinski definition) is 5. The lowest BCUT2D eigenvalue weighted by Crippen LogP contribution is -2.52. The normalized spacial score (nSPS) is 19.9. The van der Waals surface area contributed by atoms with Gasteiger partial charge in [-0.1, -0.05) is 36.4 Å². The standard InChI is InChI=1S/C33H30F6N4O3/c34-32(35,36)24-6-2-21(3-7-24)29(22-4-8-25(9-5-22)33(37,38)39)42-15-13-41(14-16-42)18-20-1-10-26-23(17-20)19-43(31(26)46)27-11-12-28(44)40-30(27)45/h1-10,17,27,29H,11-16,18-19H2,(H,40,44,45). The molecule has 0 radical (unpaired) electrons. The molecule has 1 unspecified atom stereocenters. The van der Waals surface area contributed by atoms with Crippen LogP contribution in [0.5, 0.6) is 0 Å². The van der Waals surface area contributed by atoms with E-state index >= 15 is 0 Å². The van der Waals surface area contributed by atoms with E-state index in [1.54, 1.807) is 6.07 Å². The summed E-state index contributed by atoms with van der Waals surface area (Å²) >= 11 is 0. The van der Waals surface area contributed by atoms with Crippen LogP contribution in [-0.4, -0.2) is 64.6 Å². The molecule has 3 aromatic rings. The molecule has 3 aliphatic heterocycles. The van der Waals surface area contributed by atoms with E-state index in [1.807, 2.05) is 12.1 Å². The van der Waals surface area contributed by atoms with Crippen molar-refractivity contribution in [1.29, 1.82) is 0 Å². The van der Waals surface area contributed by atoms with E-state index in [4.69, 9.17) is 0 Å². The van der Waals surface area contributed by atoms with Gasteiger partial charge in [-0.2, -0.15) is 26.3 Å². The molecule has 1 N–H and O–H groups in total. The molecule has 1 atom stereocenters. The average molecular weight is 645 g/mol. The van der Waals surface area contributed by atoms with Gasteiger partial charge in [0.1, 0.15) is 6.04 Å². The zero-order chi connectivity index (χ0) is 32.8. The number of nitrogens with zero attached hydrogens (tertiary/aromatic N) is 3. The van der Waals surface area contributed by atoms with Crippen molar-refractivity contribution in [3.8, 4) is 0 Å². The third kappa shape index (κ3) is 6.52. The van der Waals surface area contributed by atoms with Crippen LogP contribution in [0.4, 0.5) is 26.3 Å². The van der Waals surface area contributed by atoms with Gasteiger partial charge in [0.2, 0.25) is 11.8 Å². The maximum Gasteiger partial charge on any atom is 0.416 e. The predicted octanol–water partition coefficient (Wildman–Crippen LogP) is 5.39. The van der Waals surface area contributed by atoms with Gasteiger partial charge in [-0.3, -0.25) is 29.5 Å². The molecule has 3 aliphatic rings. The van der Waals surface area contributed by atoms with Crippen LogP contribution in [0.25, 0.3) is 0 Å². The zero-order valence-electron chi connectivity index (χ0n) is 24.5. The highest BCUT2D eigenvalue weighted by Gasteiger charge is 2.39. The summed E-state index contributed by atoms with van der Waals surface area (Å²) in [6, 6.07) is 13.8. The van der Waals surface area contributed by atoms with E-state index in [-0.39, 0.29) is 31.2 Å². The van der Waals surface area contributed by atoms with Crippen molar-refractivity contribution in [3.63, 3.8) is 0 Å². The molecular formula is C33H30F6N4O3. The van der Waals surface area contributed by atoms with E-state index in [0.717, 1.165) is 35.4 Å². The Morgan fingerprint density at radius 3 is 1.85 bits per heavy atom. The second-order valence-electron chi connectivity index (χ2n) is 11.8. The summed E-state index contributed by atoms with van der Waals surface area (Å²) in [5.74, 6) is -1.07. The zero-order valence-corrected chi connectivity index (χ0v) is 24.5. The minimum atomic E-state index is -4.51. The second kappa shape index (κ2) is 12.2. The van der Waals surface area contributed by atoms with Gasteiger partial charge in [0.25, 0.3) is 5.91 Å². The van der Waals surface area contributed by atoms with Gasteiger partial charge in [-0.05, 0) is 59.0 Å². The molecule has 46 heavy (non-hydrogen) atoms. The summed E-state index contributed by atoms with van der Waals surface area (Å²) in [5, 5.41) is 2.30. The number of benzene rings is 3. The summed E-state index contributed by atoms with van der Waals surface area (Å²) < 4.78 is 79.4. The molecule has 7 nitrogen and oxygen atoms in total. The SMILES string of the molecule is O=C1CCC(N2Cc3cc(CN4CCN(C(c5ccc(C(F)(F)F)cc5)c5ccc(C(F)(F)F)cc5)CC4)ccc3C2=O)C(=O)N1. The molecule has 0 aliphatic carbocycles. The van der Waals surface area contributed by atoms with Crippen LogP contribution >= 0.6 is 0 Å². The topological polar surface area (TPSA) is 73.0 Å². The van der Waals surface area contributed by atoms with Gasteiger partial charge in [0.05, 0.1) is 17.2 Å². The van der Waals surface area contributed by atoms with E-state index in [1.165, 1.54) is 29.2 Å². The summed E-state index contributed by atoms with van der Waals surface area (Å²) in [7, 11) is 0. The first-order valence-electron chi connectivity index (χ1n) is 14.8. The molecular weight excluding hydrogens is 614 g/mol. The first-order chi connectivity index (χ1) is 21.8. The van der Waals surface area contributed by atoms with Crippen LogP contribution in [0.1, 0.15) is 62.6 Å². The molecule has 3 amide bonds. The Bertz CT molecular complexity index is 1570. The van der Waals surface area contributed by atoms with Crippen LogP contribution < -0.4 is 5.32 Å². The highest BCUT2D eigenvalue weighted by Crippen LogP contribution is 2.36. The number of fused-ring (bicyclic) bond motifs is 1. The second-order valence-corrected chi connectivity index (χ2v) is 11.8.